The molecule has 66 valence electrons. The number of hydrogen-bond donors (Lipinski definition) is 0. The zero-order chi connectivity index (χ0) is 9.30. The zero-order valence-electron chi connectivity index (χ0n) is 5.49. The van der Waals surface area contributed by atoms with Crippen LogP contribution in [0.3, 0.4) is 0 Å². The molecule has 0 aliphatic carbocycles. The van der Waals surface area contributed by atoms with E-state index in [0.717, 1.165) is 3.57 Å². The van der Waals surface area contributed by atoms with Crippen LogP contribution >= 0.6 is 54.5 Å². The Balaban J connectivity index is 3.21. The zero-order valence-corrected chi connectivity index (χ0v) is 10.8. The maximum absolute atomic E-state index is 12.2. The molecule has 12 heavy (non-hydrogen) atoms. The van der Waals surface area contributed by atoms with Crippen LogP contribution < -0.4 is 0 Å². The average molecular weight is 413 g/mol. The van der Waals surface area contributed by atoms with E-state index in [1.54, 1.807) is 0 Å². The maximum Gasteiger partial charge on any atom is 0.280 e. The second-order valence-corrected chi connectivity index (χ2v) is 4.62. The highest BCUT2D eigenvalue weighted by Gasteiger charge is 2.13. The predicted molar refractivity (Wildman–Crippen MR) is 57.3 cm³/mol. The van der Waals surface area contributed by atoms with Gasteiger partial charge in [-0.2, -0.15) is 0 Å². The number of alkyl halides is 2. The highest BCUT2D eigenvalue weighted by atomic mass is 127. The van der Waals surface area contributed by atoms with E-state index in [1.165, 1.54) is 6.07 Å². The third-order valence-electron chi connectivity index (χ3n) is 1.12. The molecule has 1 aromatic heterocycles. The Kier molecular flexibility index (Phi) is 3.84. The summed E-state index contributed by atoms with van der Waals surface area (Å²) in [5.41, 5.74) is -0.228. The summed E-state index contributed by atoms with van der Waals surface area (Å²) in [7, 11) is 0. The Morgan fingerprint density at radius 3 is 2.42 bits per heavy atom. The van der Waals surface area contributed by atoms with Crippen LogP contribution in [-0.4, -0.2) is 4.98 Å². The lowest BCUT2D eigenvalue weighted by molar-refractivity contribution is 0.145. The number of rotatable bonds is 1. The summed E-state index contributed by atoms with van der Waals surface area (Å²) in [5.74, 6) is 0. The van der Waals surface area contributed by atoms with Crippen LogP contribution in [0.1, 0.15) is 12.1 Å². The molecular weight excluding hydrogens is 411 g/mol. The smallest absolute Gasteiger partial charge is 0.239 e. The minimum atomic E-state index is -2.53. The molecule has 0 N–H and O–H groups in total. The predicted octanol–water partition coefficient (Wildman–Crippen LogP) is 4.15. The van der Waals surface area contributed by atoms with E-state index >= 15 is 0 Å². The minimum absolute atomic E-state index is 0.228. The van der Waals surface area contributed by atoms with Crippen LogP contribution in [0.25, 0.3) is 0 Å². The quantitative estimate of drug-likeness (QED) is 0.499. The Morgan fingerprint density at radius 2 is 2.00 bits per heavy atom. The minimum Gasteiger partial charge on any atom is -0.239 e. The van der Waals surface area contributed by atoms with Crippen LogP contribution in [0.5, 0.6) is 0 Å². The lowest BCUT2D eigenvalue weighted by Crippen LogP contribution is -1.93. The van der Waals surface area contributed by atoms with Gasteiger partial charge in [-0.05, 0) is 60.5 Å². The second kappa shape index (κ2) is 4.28. The molecular formula is C6H2Br2F2IN. The van der Waals surface area contributed by atoms with E-state index in [2.05, 4.69) is 36.8 Å². The molecule has 0 saturated heterocycles. The second-order valence-electron chi connectivity index (χ2n) is 1.93. The van der Waals surface area contributed by atoms with Crippen LogP contribution in [0.2, 0.25) is 0 Å². The van der Waals surface area contributed by atoms with Crippen molar-refractivity contribution < 1.29 is 8.78 Å². The molecule has 0 aliphatic rings. The SMILES string of the molecule is FC(F)c1cc(Br)c(I)c(Br)n1. The van der Waals surface area contributed by atoms with Gasteiger partial charge in [0.1, 0.15) is 10.3 Å². The van der Waals surface area contributed by atoms with Gasteiger partial charge in [0, 0.05) is 4.47 Å². The van der Waals surface area contributed by atoms with E-state index in [0.29, 0.717) is 9.08 Å². The van der Waals surface area contributed by atoms with Crippen LogP contribution in [0.4, 0.5) is 8.78 Å². The standard InChI is InChI=1S/C6H2Br2F2IN/c7-2-1-3(6(9)10)12-5(8)4(2)11/h1,6H. The number of hydrogen-bond acceptors (Lipinski definition) is 1. The summed E-state index contributed by atoms with van der Waals surface area (Å²) >= 11 is 8.25. The Labute approximate surface area is 98.3 Å². The number of aromatic nitrogens is 1. The van der Waals surface area contributed by atoms with E-state index < -0.39 is 6.43 Å². The van der Waals surface area contributed by atoms with Crippen molar-refractivity contribution in [3.05, 3.63) is 24.4 Å². The molecule has 0 amide bonds. The normalized spacial score (nSPS) is 10.8. The monoisotopic (exact) mass is 411 g/mol. The van der Waals surface area contributed by atoms with E-state index in [-0.39, 0.29) is 5.69 Å². The molecule has 0 bridgehead atoms. The fraction of sp³-hybridized carbons (Fsp3) is 0.167. The summed E-state index contributed by atoms with van der Waals surface area (Å²) in [6, 6.07) is 1.32. The molecule has 1 nitrogen and oxygen atoms in total. The highest BCUT2D eigenvalue weighted by molar-refractivity contribution is 14.1. The molecule has 0 saturated carbocycles. The molecule has 0 aliphatic heterocycles. The van der Waals surface area contributed by atoms with Gasteiger partial charge in [0.05, 0.1) is 3.57 Å². The first-order valence-electron chi connectivity index (χ1n) is 2.82. The fourth-order valence-corrected chi connectivity index (χ4v) is 1.98. The summed E-state index contributed by atoms with van der Waals surface area (Å²) < 4.78 is 26.2. The van der Waals surface area contributed by atoms with Gasteiger partial charge < -0.3 is 0 Å². The molecule has 6 heteroatoms. The van der Waals surface area contributed by atoms with E-state index in [9.17, 15) is 8.78 Å². The summed E-state index contributed by atoms with van der Waals surface area (Å²) in [4.78, 5) is 3.66. The first kappa shape index (κ1) is 10.8. The summed E-state index contributed by atoms with van der Waals surface area (Å²) in [6.07, 6.45) is -2.53. The van der Waals surface area contributed by atoms with Gasteiger partial charge in [-0.25, -0.2) is 13.8 Å². The van der Waals surface area contributed by atoms with Gasteiger partial charge >= 0.3 is 0 Å². The topological polar surface area (TPSA) is 12.9 Å². The van der Waals surface area contributed by atoms with Crippen molar-refractivity contribution in [2.45, 2.75) is 6.43 Å². The van der Waals surface area contributed by atoms with E-state index in [4.69, 9.17) is 0 Å². The van der Waals surface area contributed by atoms with Gasteiger partial charge in [0.15, 0.2) is 0 Å². The Bertz CT molecular complexity index is 283. The molecule has 0 aromatic carbocycles. The molecule has 0 fully saturated rings. The van der Waals surface area contributed by atoms with Crippen molar-refractivity contribution in [2.75, 3.05) is 0 Å². The number of pyridine rings is 1. The van der Waals surface area contributed by atoms with Crippen molar-refractivity contribution in [2.24, 2.45) is 0 Å². The third kappa shape index (κ3) is 2.35. The Hall–Kier alpha value is 0.700. The first-order chi connectivity index (χ1) is 5.52. The van der Waals surface area contributed by atoms with Crippen molar-refractivity contribution in [1.82, 2.24) is 4.98 Å². The van der Waals surface area contributed by atoms with Crippen LogP contribution in [0.15, 0.2) is 15.1 Å². The first-order valence-corrected chi connectivity index (χ1v) is 5.48. The van der Waals surface area contributed by atoms with Crippen molar-refractivity contribution in [3.8, 4) is 0 Å². The summed E-state index contributed by atoms with van der Waals surface area (Å²) in [5, 5.41) is 0. The lowest BCUT2D eigenvalue weighted by Gasteiger charge is -2.03. The van der Waals surface area contributed by atoms with Gasteiger partial charge in [-0.1, -0.05) is 0 Å². The van der Waals surface area contributed by atoms with Gasteiger partial charge in [-0.15, -0.1) is 0 Å². The van der Waals surface area contributed by atoms with Gasteiger partial charge in [0.25, 0.3) is 6.43 Å². The molecule has 1 aromatic rings. The van der Waals surface area contributed by atoms with Crippen LogP contribution in [-0.2, 0) is 0 Å². The highest BCUT2D eigenvalue weighted by Crippen LogP contribution is 2.29. The molecule has 0 atom stereocenters. The van der Waals surface area contributed by atoms with E-state index in [1.807, 2.05) is 22.6 Å². The largest absolute Gasteiger partial charge is 0.280 e. The molecule has 0 unspecified atom stereocenters. The summed E-state index contributed by atoms with van der Waals surface area (Å²) in [6.45, 7) is 0. The van der Waals surface area contributed by atoms with Gasteiger partial charge in [0.2, 0.25) is 0 Å². The van der Waals surface area contributed by atoms with Crippen molar-refractivity contribution in [1.29, 1.82) is 0 Å². The molecule has 1 rings (SSSR count). The fourth-order valence-electron chi connectivity index (χ4n) is 0.598. The van der Waals surface area contributed by atoms with Crippen LogP contribution in [0, 0.1) is 3.57 Å². The molecule has 0 spiro atoms. The number of nitrogens with zero attached hydrogens (tertiary/aromatic N) is 1. The molecule has 0 radical (unpaired) electrons. The van der Waals surface area contributed by atoms with Crippen molar-refractivity contribution >= 4 is 54.5 Å². The number of halogens is 5. The average Bonchev–Trinajstić information content (AvgIpc) is 1.99. The van der Waals surface area contributed by atoms with Crippen molar-refractivity contribution in [3.63, 3.8) is 0 Å². The Morgan fingerprint density at radius 1 is 1.42 bits per heavy atom. The third-order valence-corrected chi connectivity index (χ3v) is 4.89. The molecule has 1 heterocycles. The maximum atomic E-state index is 12.2. The lowest BCUT2D eigenvalue weighted by atomic mass is 10.4. The van der Waals surface area contributed by atoms with Gasteiger partial charge in [-0.3, -0.25) is 0 Å².